The van der Waals surface area contributed by atoms with Crippen LogP contribution in [0, 0.1) is 0 Å². The fourth-order valence-corrected chi connectivity index (χ4v) is 4.71. The largest absolute Gasteiger partial charge is 0.383 e. The Bertz CT molecular complexity index is 918. The molecule has 0 radical (unpaired) electrons. The Kier molecular flexibility index (Phi) is 6.84. The van der Waals surface area contributed by atoms with Crippen molar-refractivity contribution in [2.24, 2.45) is 0 Å². The van der Waals surface area contributed by atoms with Crippen molar-refractivity contribution in [2.75, 3.05) is 26.0 Å². The molecule has 0 aromatic carbocycles. The van der Waals surface area contributed by atoms with Gasteiger partial charge in [0.15, 0.2) is 5.16 Å². The second-order valence-electron chi connectivity index (χ2n) is 5.45. The van der Waals surface area contributed by atoms with Crippen LogP contribution < -0.4 is 10.9 Å². The second-order valence-corrected chi connectivity index (χ2v) is 8.34. The van der Waals surface area contributed by atoms with E-state index in [1.54, 1.807) is 23.0 Å². The third-order valence-electron chi connectivity index (χ3n) is 3.65. The summed E-state index contributed by atoms with van der Waals surface area (Å²) in [5.41, 5.74) is 0.651. The van der Waals surface area contributed by atoms with E-state index >= 15 is 0 Å². The molecule has 6 nitrogen and oxygen atoms in total. The molecule has 0 aliphatic rings. The fraction of sp³-hybridized carbons (Fsp3) is 0.353. The highest BCUT2D eigenvalue weighted by molar-refractivity contribution is 7.99. The Labute approximate surface area is 163 Å². The predicted molar refractivity (Wildman–Crippen MR) is 108 cm³/mol. The Hall–Kier alpha value is -1.68. The van der Waals surface area contributed by atoms with Gasteiger partial charge >= 0.3 is 0 Å². The Balaban J connectivity index is 1.77. The molecule has 0 saturated heterocycles. The molecule has 0 bridgehead atoms. The van der Waals surface area contributed by atoms with Gasteiger partial charge in [-0.15, -0.1) is 22.7 Å². The lowest BCUT2D eigenvalue weighted by atomic mass is 10.3. The quantitative estimate of drug-likeness (QED) is 0.334. The summed E-state index contributed by atoms with van der Waals surface area (Å²) < 4.78 is 7.26. The van der Waals surface area contributed by atoms with Gasteiger partial charge in [0.25, 0.3) is 5.56 Å². The third-order valence-corrected chi connectivity index (χ3v) is 6.46. The van der Waals surface area contributed by atoms with Crippen molar-refractivity contribution in [3.63, 3.8) is 0 Å². The highest BCUT2D eigenvalue weighted by Crippen LogP contribution is 2.21. The maximum Gasteiger partial charge on any atom is 0.272 e. The molecule has 0 spiro atoms. The van der Waals surface area contributed by atoms with Crippen molar-refractivity contribution < 1.29 is 9.53 Å². The van der Waals surface area contributed by atoms with Crippen molar-refractivity contribution in [1.82, 2.24) is 14.9 Å². The SMILES string of the molecule is COCCNC(=O)CSc1nc2ccsc2c(=O)n1CCc1cccs1. The first-order valence-corrected chi connectivity index (χ1v) is 10.8. The average Bonchev–Trinajstić information content (AvgIpc) is 3.31. The van der Waals surface area contributed by atoms with Crippen LogP contribution in [0.15, 0.2) is 38.9 Å². The summed E-state index contributed by atoms with van der Waals surface area (Å²) in [7, 11) is 1.59. The Morgan fingerprint density at radius 3 is 3.00 bits per heavy atom. The van der Waals surface area contributed by atoms with E-state index in [0.29, 0.717) is 35.1 Å². The van der Waals surface area contributed by atoms with Crippen LogP contribution in [0.3, 0.4) is 0 Å². The molecule has 0 aliphatic carbocycles. The lowest BCUT2D eigenvalue weighted by molar-refractivity contribution is -0.118. The number of thiophene rings is 2. The van der Waals surface area contributed by atoms with E-state index in [9.17, 15) is 9.59 Å². The first kappa shape index (κ1) is 19.1. The fourth-order valence-electron chi connectivity index (χ4n) is 2.38. The number of aromatic nitrogens is 2. The molecular weight excluding hydrogens is 390 g/mol. The van der Waals surface area contributed by atoms with Crippen molar-refractivity contribution in [3.8, 4) is 0 Å². The number of thioether (sulfide) groups is 1. The number of rotatable bonds is 9. The van der Waals surface area contributed by atoms with Gasteiger partial charge in [0.05, 0.1) is 17.9 Å². The van der Waals surface area contributed by atoms with Gasteiger partial charge in [-0.05, 0) is 29.3 Å². The third kappa shape index (κ3) is 4.73. The average molecular weight is 410 g/mol. The second kappa shape index (κ2) is 9.31. The van der Waals surface area contributed by atoms with Crippen LogP contribution in [-0.4, -0.2) is 41.5 Å². The van der Waals surface area contributed by atoms with Crippen molar-refractivity contribution in [2.45, 2.75) is 18.1 Å². The lowest BCUT2D eigenvalue weighted by Gasteiger charge is -2.11. The van der Waals surface area contributed by atoms with Crippen molar-refractivity contribution >= 4 is 50.6 Å². The molecule has 26 heavy (non-hydrogen) atoms. The maximum atomic E-state index is 12.8. The molecule has 0 unspecified atom stereocenters. The number of amides is 1. The van der Waals surface area contributed by atoms with Gasteiger partial charge in [0, 0.05) is 25.1 Å². The zero-order valence-electron chi connectivity index (χ0n) is 14.3. The number of hydrogen-bond acceptors (Lipinski definition) is 7. The van der Waals surface area contributed by atoms with Crippen LogP contribution in [-0.2, 0) is 22.5 Å². The molecule has 0 fully saturated rings. The first-order valence-electron chi connectivity index (χ1n) is 8.08. The summed E-state index contributed by atoms with van der Waals surface area (Å²) in [5.74, 6) is 0.113. The topological polar surface area (TPSA) is 73.2 Å². The highest BCUT2D eigenvalue weighted by Gasteiger charge is 2.14. The van der Waals surface area contributed by atoms with E-state index in [-0.39, 0.29) is 17.2 Å². The minimum atomic E-state index is -0.100. The smallest absolute Gasteiger partial charge is 0.272 e. The summed E-state index contributed by atoms with van der Waals surface area (Å²) in [4.78, 5) is 30.6. The van der Waals surface area contributed by atoms with Gasteiger partial charge in [0.2, 0.25) is 5.91 Å². The molecule has 3 aromatic heterocycles. The first-order chi connectivity index (χ1) is 12.7. The molecule has 3 rings (SSSR count). The number of nitrogens with zero attached hydrogens (tertiary/aromatic N) is 2. The minimum absolute atomic E-state index is 0.0381. The molecule has 0 aliphatic heterocycles. The monoisotopic (exact) mass is 409 g/mol. The lowest BCUT2D eigenvalue weighted by Crippen LogP contribution is -2.29. The van der Waals surface area contributed by atoms with Crippen molar-refractivity contribution in [1.29, 1.82) is 0 Å². The number of carbonyl (C=O) groups is 1. The van der Waals surface area contributed by atoms with E-state index < -0.39 is 0 Å². The summed E-state index contributed by atoms with van der Waals surface area (Å²) in [5, 5.41) is 7.26. The van der Waals surface area contributed by atoms with E-state index in [0.717, 1.165) is 6.42 Å². The summed E-state index contributed by atoms with van der Waals surface area (Å²) in [6.45, 7) is 1.49. The number of hydrogen-bond donors (Lipinski definition) is 1. The van der Waals surface area contributed by atoms with Crippen LogP contribution in [0.5, 0.6) is 0 Å². The number of methoxy groups -OCH3 is 1. The maximum absolute atomic E-state index is 12.8. The molecule has 138 valence electrons. The standard InChI is InChI=1S/C17H19N3O3S3/c1-23-8-6-18-14(21)11-26-17-19-13-5-10-25-15(13)16(22)20(17)7-4-12-3-2-9-24-12/h2-3,5,9-10H,4,6-8,11H2,1H3,(H,18,21). The van der Waals surface area contributed by atoms with Crippen LogP contribution in [0.4, 0.5) is 0 Å². The zero-order valence-corrected chi connectivity index (χ0v) is 16.7. The van der Waals surface area contributed by atoms with E-state index in [2.05, 4.69) is 16.4 Å². The number of fused-ring (bicyclic) bond motifs is 1. The highest BCUT2D eigenvalue weighted by atomic mass is 32.2. The van der Waals surface area contributed by atoms with Gasteiger partial charge in [-0.25, -0.2) is 4.98 Å². The van der Waals surface area contributed by atoms with Gasteiger partial charge in [-0.3, -0.25) is 14.2 Å². The van der Waals surface area contributed by atoms with Gasteiger partial charge < -0.3 is 10.1 Å². The molecule has 3 heterocycles. The van der Waals surface area contributed by atoms with Crippen LogP contribution in [0.25, 0.3) is 10.2 Å². The molecule has 9 heteroatoms. The summed E-state index contributed by atoms with van der Waals surface area (Å²) >= 11 is 4.36. The molecule has 1 amide bonds. The number of nitrogens with one attached hydrogen (secondary N) is 1. The molecular formula is C17H19N3O3S3. The number of ether oxygens (including phenoxy) is 1. The van der Waals surface area contributed by atoms with E-state index in [4.69, 9.17) is 4.74 Å². The predicted octanol–water partition coefficient (Wildman–Crippen LogP) is 2.62. The molecule has 0 saturated carbocycles. The summed E-state index contributed by atoms with van der Waals surface area (Å²) in [6.07, 6.45) is 0.768. The van der Waals surface area contributed by atoms with Crippen LogP contribution >= 0.6 is 34.4 Å². The minimum Gasteiger partial charge on any atom is -0.383 e. The number of aryl methyl sites for hydroxylation is 1. The van der Waals surface area contributed by atoms with Gasteiger partial charge in [-0.1, -0.05) is 17.8 Å². The zero-order chi connectivity index (χ0) is 18.4. The van der Waals surface area contributed by atoms with Gasteiger partial charge in [0.1, 0.15) is 4.70 Å². The van der Waals surface area contributed by atoms with Crippen molar-refractivity contribution in [3.05, 3.63) is 44.2 Å². The van der Waals surface area contributed by atoms with E-state index in [1.807, 2.05) is 22.9 Å². The van der Waals surface area contributed by atoms with Gasteiger partial charge in [-0.2, -0.15) is 0 Å². The molecule has 1 N–H and O–H groups in total. The van der Waals surface area contributed by atoms with E-state index in [1.165, 1.54) is 28.0 Å². The number of carbonyl (C=O) groups excluding carboxylic acids is 1. The summed E-state index contributed by atoms with van der Waals surface area (Å²) in [6, 6.07) is 5.90. The van der Waals surface area contributed by atoms with Crippen LogP contribution in [0.2, 0.25) is 0 Å². The normalized spacial score (nSPS) is 11.1. The van der Waals surface area contributed by atoms with Crippen LogP contribution in [0.1, 0.15) is 4.88 Å². The Morgan fingerprint density at radius 2 is 2.23 bits per heavy atom. The Morgan fingerprint density at radius 1 is 1.35 bits per heavy atom. The molecule has 3 aromatic rings. The molecule has 0 atom stereocenters.